The minimum absolute atomic E-state index is 0.0833. The van der Waals surface area contributed by atoms with E-state index in [9.17, 15) is 14.4 Å². The van der Waals surface area contributed by atoms with Gasteiger partial charge in [-0.25, -0.2) is 9.78 Å². The zero-order valence-electron chi connectivity index (χ0n) is 17.7. The molecule has 32 heavy (non-hydrogen) atoms. The number of nitrogens with zero attached hydrogens (tertiary/aromatic N) is 4. The van der Waals surface area contributed by atoms with E-state index in [-0.39, 0.29) is 17.3 Å². The summed E-state index contributed by atoms with van der Waals surface area (Å²) in [6.45, 7) is 3.64. The van der Waals surface area contributed by atoms with E-state index in [0.717, 1.165) is 32.5 Å². The summed E-state index contributed by atoms with van der Waals surface area (Å²) in [7, 11) is 0. The van der Waals surface area contributed by atoms with Gasteiger partial charge in [0.25, 0.3) is 11.5 Å². The third-order valence-corrected chi connectivity index (χ3v) is 6.07. The van der Waals surface area contributed by atoms with Crippen LogP contribution < -0.4 is 11.2 Å². The maximum Gasteiger partial charge on any atom is 0.330 e. The lowest BCUT2D eigenvalue weighted by atomic mass is 10.2. The van der Waals surface area contributed by atoms with Crippen molar-refractivity contribution in [3.05, 3.63) is 80.6 Å². The van der Waals surface area contributed by atoms with Crippen LogP contribution in [0.25, 0.3) is 17.1 Å². The minimum Gasteiger partial charge on any atom is -0.336 e. The summed E-state index contributed by atoms with van der Waals surface area (Å²) >= 11 is 0. The third-order valence-electron chi connectivity index (χ3n) is 6.07. The van der Waals surface area contributed by atoms with Crippen LogP contribution >= 0.6 is 0 Å². The lowest BCUT2D eigenvalue weighted by molar-refractivity contribution is 0.0650. The molecular weight excluding hydrogens is 406 g/mol. The standard InChI is InChI=1S/C24H25N5O3/c30-22-20-15-18(16-25-21(20)29(19-8-9-19)24(32)26-22)23(31)28-13-11-27(12-14-28)10-4-7-17-5-2-1-3-6-17/h1-7,15-16,19H,8-14H2,(H,26,30,32)/b7-4+. The van der Waals surface area contributed by atoms with Crippen molar-refractivity contribution in [3.63, 3.8) is 0 Å². The number of carbonyl (C=O) groups excluding carboxylic acids is 1. The molecule has 8 heteroatoms. The van der Waals surface area contributed by atoms with E-state index >= 15 is 0 Å². The molecule has 1 amide bonds. The zero-order valence-corrected chi connectivity index (χ0v) is 17.7. The molecule has 1 aliphatic heterocycles. The first-order chi connectivity index (χ1) is 15.6. The largest absolute Gasteiger partial charge is 0.336 e. The average Bonchev–Trinajstić information content (AvgIpc) is 3.65. The van der Waals surface area contributed by atoms with Gasteiger partial charge in [-0.3, -0.25) is 24.0 Å². The topological polar surface area (TPSA) is 91.3 Å². The normalized spacial score (nSPS) is 17.3. The van der Waals surface area contributed by atoms with Crippen molar-refractivity contribution in [2.24, 2.45) is 0 Å². The van der Waals surface area contributed by atoms with E-state index in [0.29, 0.717) is 24.3 Å². The Bertz CT molecular complexity index is 1280. The van der Waals surface area contributed by atoms with Gasteiger partial charge in [-0.05, 0) is 24.5 Å². The first-order valence-corrected chi connectivity index (χ1v) is 11.0. The summed E-state index contributed by atoms with van der Waals surface area (Å²) in [5.41, 5.74) is 0.967. The number of hydrogen-bond donors (Lipinski definition) is 1. The second-order valence-electron chi connectivity index (χ2n) is 8.36. The number of fused-ring (bicyclic) bond motifs is 1. The van der Waals surface area contributed by atoms with E-state index in [1.54, 1.807) is 11.0 Å². The molecule has 3 heterocycles. The molecule has 3 aromatic rings. The molecule has 164 valence electrons. The van der Waals surface area contributed by atoms with Gasteiger partial charge in [-0.1, -0.05) is 42.5 Å². The summed E-state index contributed by atoms with van der Waals surface area (Å²) in [6.07, 6.45) is 7.53. The van der Waals surface area contributed by atoms with Gasteiger partial charge < -0.3 is 4.90 Å². The SMILES string of the molecule is O=C(c1cnc2c(c1)c(=O)[nH]c(=O)n2C1CC1)N1CCN(C/C=C/c2ccccc2)CC1. The average molecular weight is 431 g/mol. The predicted molar refractivity (Wildman–Crippen MR) is 123 cm³/mol. The number of H-pyrrole nitrogens is 1. The van der Waals surface area contributed by atoms with Crippen molar-refractivity contribution < 1.29 is 4.79 Å². The summed E-state index contributed by atoms with van der Waals surface area (Å²) in [5, 5.41) is 0.284. The van der Waals surface area contributed by atoms with Crippen molar-refractivity contribution >= 4 is 23.0 Å². The summed E-state index contributed by atoms with van der Waals surface area (Å²) in [6, 6.07) is 11.8. The van der Waals surface area contributed by atoms with E-state index < -0.39 is 11.2 Å². The number of aromatic amines is 1. The highest BCUT2D eigenvalue weighted by atomic mass is 16.2. The fourth-order valence-electron chi connectivity index (χ4n) is 4.14. The van der Waals surface area contributed by atoms with Gasteiger partial charge in [0.05, 0.1) is 10.9 Å². The molecule has 1 aromatic carbocycles. The van der Waals surface area contributed by atoms with Crippen molar-refractivity contribution in [1.82, 2.24) is 24.3 Å². The quantitative estimate of drug-likeness (QED) is 0.666. The number of piperazine rings is 1. The molecule has 0 unspecified atom stereocenters. The molecular formula is C24H25N5O3. The number of nitrogens with one attached hydrogen (secondary N) is 1. The number of aromatic nitrogens is 3. The maximum atomic E-state index is 13.0. The summed E-state index contributed by atoms with van der Waals surface area (Å²) < 4.78 is 1.53. The van der Waals surface area contributed by atoms with E-state index in [2.05, 4.69) is 39.2 Å². The molecule has 1 saturated carbocycles. The van der Waals surface area contributed by atoms with Crippen LogP contribution in [0.3, 0.4) is 0 Å². The van der Waals surface area contributed by atoms with Crippen LogP contribution in [0.1, 0.15) is 34.8 Å². The van der Waals surface area contributed by atoms with Crippen LogP contribution in [0.2, 0.25) is 0 Å². The lowest BCUT2D eigenvalue weighted by Crippen LogP contribution is -2.48. The fourth-order valence-corrected chi connectivity index (χ4v) is 4.14. The Morgan fingerprint density at radius 1 is 1.09 bits per heavy atom. The molecule has 0 radical (unpaired) electrons. The molecule has 1 aliphatic carbocycles. The van der Waals surface area contributed by atoms with Crippen LogP contribution in [0.5, 0.6) is 0 Å². The molecule has 1 N–H and O–H groups in total. The smallest absolute Gasteiger partial charge is 0.330 e. The Labute approximate surface area is 184 Å². The molecule has 1 saturated heterocycles. The van der Waals surface area contributed by atoms with Crippen LogP contribution in [-0.2, 0) is 0 Å². The number of rotatable bonds is 5. The number of benzene rings is 1. The Kier molecular flexibility index (Phi) is 5.45. The van der Waals surface area contributed by atoms with E-state index in [1.165, 1.54) is 16.3 Å². The number of carbonyl (C=O) groups is 1. The number of pyridine rings is 1. The number of hydrogen-bond acceptors (Lipinski definition) is 5. The monoisotopic (exact) mass is 431 g/mol. The summed E-state index contributed by atoms with van der Waals surface area (Å²) in [5.74, 6) is -0.137. The van der Waals surface area contributed by atoms with Gasteiger partial charge in [0.2, 0.25) is 0 Å². The van der Waals surface area contributed by atoms with E-state index in [1.807, 2.05) is 18.2 Å². The highest BCUT2D eigenvalue weighted by Gasteiger charge is 2.28. The van der Waals surface area contributed by atoms with Gasteiger partial charge in [0.15, 0.2) is 0 Å². The Hall–Kier alpha value is -3.52. The maximum absolute atomic E-state index is 13.0. The van der Waals surface area contributed by atoms with Crippen molar-refractivity contribution in [2.45, 2.75) is 18.9 Å². The third kappa shape index (κ3) is 4.13. The van der Waals surface area contributed by atoms with Crippen LogP contribution in [0.15, 0.2) is 58.3 Å². The first kappa shape index (κ1) is 20.4. The molecule has 5 rings (SSSR count). The van der Waals surface area contributed by atoms with Gasteiger partial charge in [0, 0.05) is 45.0 Å². The number of amides is 1. The van der Waals surface area contributed by atoms with Crippen molar-refractivity contribution in [2.75, 3.05) is 32.7 Å². The van der Waals surface area contributed by atoms with Crippen LogP contribution in [-0.4, -0.2) is 63.0 Å². The van der Waals surface area contributed by atoms with Crippen LogP contribution in [0, 0.1) is 0 Å². The van der Waals surface area contributed by atoms with Crippen molar-refractivity contribution in [3.8, 4) is 0 Å². The molecule has 0 atom stereocenters. The molecule has 8 nitrogen and oxygen atoms in total. The lowest BCUT2D eigenvalue weighted by Gasteiger charge is -2.34. The highest BCUT2D eigenvalue weighted by Crippen LogP contribution is 2.34. The predicted octanol–water partition coefficient (Wildman–Crippen LogP) is 1.89. The zero-order chi connectivity index (χ0) is 22.1. The second-order valence-corrected chi connectivity index (χ2v) is 8.36. The Balaban J connectivity index is 1.26. The fraction of sp³-hybridized carbons (Fsp3) is 0.333. The van der Waals surface area contributed by atoms with Gasteiger partial charge in [-0.2, -0.15) is 0 Å². The van der Waals surface area contributed by atoms with Gasteiger partial charge in [-0.15, -0.1) is 0 Å². The van der Waals surface area contributed by atoms with Crippen LogP contribution in [0.4, 0.5) is 0 Å². The Morgan fingerprint density at radius 2 is 1.84 bits per heavy atom. The van der Waals surface area contributed by atoms with Gasteiger partial charge in [0.1, 0.15) is 5.65 Å². The Morgan fingerprint density at radius 3 is 2.56 bits per heavy atom. The minimum atomic E-state index is -0.501. The summed E-state index contributed by atoms with van der Waals surface area (Å²) in [4.78, 5) is 48.4. The molecule has 2 aromatic heterocycles. The molecule has 2 fully saturated rings. The van der Waals surface area contributed by atoms with E-state index in [4.69, 9.17) is 0 Å². The second kappa shape index (κ2) is 8.55. The molecule has 0 spiro atoms. The highest BCUT2D eigenvalue weighted by molar-refractivity contribution is 5.96. The molecule has 0 bridgehead atoms. The first-order valence-electron chi connectivity index (χ1n) is 11.0. The molecule has 2 aliphatic rings. The van der Waals surface area contributed by atoms with Gasteiger partial charge >= 0.3 is 5.69 Å². The van der Waals surface area contributed by atoms with Crippen molar-refractivity contribution in [1.29, 1.82) is 0 Å².